The van der Waals surface area contributed by atoms with Crippen LogP contribution in [0.3, 0.4) is 0 Å². The van der Waals surface area contributed by atoms with Crippen LogP contribution < -0.4 is 5.01 Å². The Morgan fingerprint density at radius 3 is 2.63 bits per heavy atom. The molecule has 0 saturated heterocycles. The molecule has 0 fully saturated rings. The molecule has 0 N–H and O–H groups in total. The number of nitrogens with zero attached hydrogens (tertiary/aromatic N) is 2. The van der Waals surface area contributed by atoms with Gasteiger partial charge in [0.2, 0.25) is 0 Å². The van der Waals surface area contributed by atoms with Crippen molar-refractivity contribution in [1.29, 1.82) is 0 Å². The topological polar surface area (TPSA) is 15.6 Å². The molecule has 1 atom stereocenters. The molecule has 4 rings (SSSR count). The average molecular weight is 248 g/mol. The van der Waals surface area contributed by atoms with Crippen LogP contribution in [0.5, 0.6) is 0 Å². The quantitative estimate of drug-likeness (QED) is 0.754. The van der Waals surface area contributed by atoms with E-state index in [1.165, 1.54) is 35.4 Å². The zero-order chi connectivity index (χ0) is 12.7. The lowest BCUT2D eigenvalue weighted by molar-refractivity contribution is 0.630. The highest BCUT2D eigenvalue weighted by Crippen LogP contribution is 2.32. The Morgan fingerprint density at radius 2 is 1.74 bits per heavy atom. The normalized spacial score (nSPS) is 20.7. The van der Waals surface area contributed by atoms with E-state index in [2.05, 4.69) is 59.6 Å². The Balaban J connectivity index is 1.75. The molecule has 0 bridgehead atoms. The Labute approximate surface area is 113 Å². The Bertz CT molecular complexity index is 631. The maximum atomic E-state index is 4.87. The van der Waals surface area contributed by atoms with E-state index in [1.54, 1.807) is 0 Å². The first kappa shape index (κ1) is 10.8. The molecule has 2 aromatic rings. The highest BCUT2D eigenvalue weighted by atomic mass is 15.5. The van der Waals surface area contributed by atoms with Crippen LogP contribution in [0.15, 0.2) is 59.7 Å². The Kier molecular flexibility index (Phi) is 2.41. The van der Waals surface area contributed by atoms with Crippen LogP contribution in [0.4, 0.5) is 5.69 Å². The third-order valence-electron chi connectivity index (χ3n) is 4.12. The summed E-state index contributed by atoms with van der Waals surface area (Å²) in [6.45, 7) is 1.02. The summed E-state index contributed by atoms with van der Waals surface area (Å²) in [5.74, 6) is 0.593. The van der Waals surface area contributed by atoms with Crippen molar-refractivity contribution in [2.75, 3.05) is 11.6 Å². The average Bonchev–Trinajstić information content (AvgIpc) is 2.93. The third kappa shape index (κ3) is 1.75. The third-order valence-corrected chi connectivity index (χ3v) is 4.12. The number of hydrazone groups is 1. The molecule has 2 aromatic carbocycles. The molecule has 2 aliphatic rings. The van der Waals surface area contributed by atoms with Gasteiger partial charge in [-0.05, 0) is 30.5 Å². The maximum Gasteiger partial charge on any atom is 0.0734 e. The minimum atomic E-state index is 0.593. The molecular formula is C17H16N2. The molecule has 0 spiro atoms. The van der Waals surface area contributed by atoms with Crippen molar-refractivity contribution >= 4 is 11.4 Å². The predicted octanol–water partition coefficient (Wildman–Crippen LogP) is 3.47. The summed E-state index contributed by atoms with van der Waals surface area (Å²) in [5, 5.41) is 7.03. The van der Waals surface area contributed by atoms with Gasteiger partial charge in [-0.3, -0.25) is 5.01 Å². The molecule has 2 heteroatoms. The van der Waals surface area contributed by atoms with E-state index in [0.29, 0.717) is 5.92 Å². The van der Waals surface area contributed by atoms with Crippen LogP contribution >= 0.6 is 0 Å². The molecule has 0 radical (unpaired) electrons. The van der Waals surface area contributed by atoms with Gasteiger partial charge in [0.15, 0.2) is 0 Å². The van der Waals surface area contributed by atoms with Gasteiger partial charge >= 0.3 is 0 Å². The molecule has 19 heavy (non-hydrogen) atoms. The fourth-order valence-electron chi connectivity index (χ4n) is 3.13. The number of rotatable bonds is 1. The van der Waals surface area contributed by atoms with Gasteiger partial charge in [0.05, 0.1) is 17.9 Å². The van der Waals surface area contributed by atoms with Gasteiger partial charge < -0.3 is 0 Å². The van der Waals surface area contributed by atoms with Gasteiger partial charge in [-0.1, -0.05) is 42.5 Å². The first-order valence-corrected chi connectivity index (χ1v) is 6.91. The summed E-state index contributed by atoms with van der Waals surface area (Å²) >= 11 is 0. The first-order valence-electron chi connectivity index (χ1n) is 6.91. The highest BCUT2D eigenvalue weighted by molar-refractivity contribution is 6.06. The van der Waals surface area contributed by atoms with Gasteiger partial charge in [-0.25, -0.2) is 0 Å². The van der Waals surface area contributed by atoms with E-state index >= 15 is 0 Å². The lowest BCUT2D eigenvalue weighted by Gasteiger charge is -2.21. The van der Waals surface area contributed by atoms with E-state index in [-0.39, 0.29) is 0 Å². The van der Waals surface area contributed by atoms with E-state index in [9.17, 15) is 0 Å². The lowest BCUT2D eigenvalue weighted by atomic mass is 9.83. The fraction of sp³-hybridized carbons (Fsp3) is 0.235. The van der Waals surface area contributed by atoms with Crippen molar-refractivity contribution in [3.05, 3.63) is 65.7 Å². The first-order chi connectivity index (χ1) is 9.42. The van der Waals surface area contributed by atoms with Crippen molar-refractivity contribution in [3.63, 3.8) is 0 Å². The van der Waals surface area contributed by atoms with Crippen LogP contribution in [0, 0.1) is 5.92 Å². The van der Waals surface area contributed by atoms with Crippen LogP contribution in [0.2, 0.25) is 0 Å². The van der Waals surface area contributed by atoms with Gasteiger partial charge in [-0.2, -0.15) is 5.10 Å². The Hall–Kier alpha value is -2.09. The van der Waals surface area contributed by atoms with Gasteiger partial charge in [0, 0.05) is 11.5 Å². The standard InChI is InChI=1S/C17H16N2/c1-2-7-15(8-3-1)19-12-14-11-10-13-6-4-5-9-16(13)17(14)18-19/h1-9,14H,10-12H2/t14-/m1/s1. The summed E-state index contributed by atoms with van der Waals surface area (Å²) in [6.07, 6.45) is 2.40. The van der Waals surface area contributed by atoms with Crippen molar-refractivity contribution < 1.29 is 0 Å². The monoisotopic (exact) mass is 248 g/mol. The predicted molar refractivity (Wildman–Crippen MR) is 78.6 cm³/mol. The molecule has 0 amide bonds. The van der Waals surface area contributed by atoms with Crippen molar-refractivity contribution in [2.24, 2.45) is 11.0 Å². The summed E-state index contributed by atoms with van der Waals surface area (Å²) in [4.78, 5) is 0. The number of hydrogen-bond acceptors (Lipinski definition) is 2. The molecular weight excluding hydrogens is 232 g/mol. The summed E-state index contributed by atoms with van der Waals surface area (Å²) in [6, 6.07) is 19.2. The van der Waals surface area contributed by atoms with E-state index in [0.717, 1.165) is 6.54 Å². The van der Waals surface area contributed by atoms with E-state index < -0.39 is 0 Å². The Morgan fingerprint density at radius 1 is 0.947 bits per heavy atom. The maximum absolute atomic E-state index is 4.87. The molecule has 1 aliphatic carbocycles. The largest absolute Gasteiger partial charge is 0.265 e. The van der Waals surface area contributed by atoms with Gasteiger partial charge in [0.25, 0.3) is 0 Å². The van der Waals surface area contributed by atoms with Gasteiger partial charge in [-0.15, -0.1) is 0 Å². The molecule has 94 valence electrons. The highest BCUT2D eigenvalue weighted by Gasteiger charge is 2.32. The zero-order valence-corrected chi connectivity index (χ0v) is 10.8. The molecule has 0 aromatic heterocycles. The van der Waals surface area contributed by atoms with Crippen molar-refractivity contribution in [2.45, 2.75) is 12.8 Å². The summed E-state index contributed by atoms with van der Waals surface area (Å²) < 4.78 is 0. The second kappa shape index (κ2) is 4.23. The SMILES string of the molecule is c1ccc(N2C[C@H]3CCc4ccccc4C3=N2)cc1. The van der Waals surface area contributed by atoms with Crippen LogP contribution in [-0.4, -0.2) is 12.3 Å². The van der Waals surface area contributed by atoms with Crippen LogP contribution in [0.25, 0.3) is 0 Å². The summed E-state index contributed by atoms with van der Waals surface area (Å²) in [7, 11) is 0. The fourth-order valence-corrected chi connectivity index (χ4v) is 3.13. The van der Waals surface area contributed by atoms with Crippen molar-refractivity contribution in [1.82, 2.24) is 0 Å². The number of hydrogen-bond donors (Lipinski definition) is 0. The van der Waals surface area contributed by atoms with Crippen LogP contribution in [0.1, 0.15) is 17.5 Å². The van der Waals surface area contributed by atoms with E-state index in [4.69, 9.17) is 5.10 Å². The second-order valence-corrected chi connectivity index (χ2v) is 5.30. The second-order valence-electron chi connectivity index (χ2n) is 5.30. The molecule has 1 aliphatic heterocycles. The molecule has 0 unspecified atom stereocenters. The van der Waals surface area contributed by atoms with Crippen molar-refractivity contribution in [3.8, 4) is 0 Å². The number of para-hydroxylation sites is 1. The number of aryl methyl sites for hydroxylation is 1. The van der Waals surface area contributed by atoms with Crippen LogP contribution in [-0.2, 0) is 6.42 Å². The summed E-state index contributed by atoms with van der Waals surface area (Å²) in [5.41, 5.74) is 5.29. The van der Waals surface area contributed by atoms with Gasteiger partial charge in [0.1, 0.15) is 0 Å². The molecule has 2 nitrogen and oxygen atoms in total. The number of anilines is 1. The number of fused-ring (bicyclic) bond motifs is 3. The molecule has 1 heterocycles. The zero-order valence-electron chi connectivity index (χ0n) is 10.8. The molecule has 0 saturated carbocycles. The minimum Gasteiger partial charge on any atom is -0.265 e. The smallest absolute Gasteiger partial charge is 0.0734 e. The number of benzene rings is 2. The lowest BCUT2D eigenvalue weighted by Crippen LogP contribution is -2.24. The minimum absolute atomic E-state index is 0.593. The van der Waals surface area contributed by atoms with E-state index in [1.807, 2.05) is 0 Å².